The highest BCUT2D eigenvalue weighted by atomic mass is 16.3. The van der Waals surface area contributed by atoms with Gasteiger partial charge in [-0.3, -0.25) is 0 Å². The lowest BCUT2D eigenvalue weighted by molar-refractivity contribution is 0.176. The molecule has 0 radical (unpaired) electrons. The lowest BCUT2D eigenvalue weighted by atomic mass is 10.1. The molecule has 4 heteroatoms. The van der Waals surface area contributed by atoms with Crippen LogP contribution in [0.15, 0.2) is 24.3 Å². The first-order valence-electron chi connectivity index (χ1n) is 6.02. The van der Waals surface area contributed by atoms with Gasteiger partial charge in [0.2, 0.25) is 0 Å². The topological polar surface area (TPSA) is 52.6 Å². The standard InChI is InChI=1S/C13H18N2O2/c1-2-10-5-3-4-6-12(10)14-13(17)15-8-7-11(16)9-15/h3-6,11,16H,2,7-9H2,1H3,(H,14,17)/t11-/m0/s1. The maximum absolute atomic E-state index is 11.9. The van der Waals surface area contributed by atoms with Crippen molar-refractivity contribution in [3.05, 3.63) is 29.8 Å². The van der Waals surface area contributed by atoms with Gasteiger partial charge in [0.05, 0.1) is 6.10 Å². The van der Waals surface area contributed by atoms with E-state index in [-0.39, 0.29) is 12.1 Å². The predicted octanol–water partition coefficient (Wildman–Crippen LogP) is 1.85. The van der Waals surface area contributed by atoms with Gasteiger partial charge in [0, 0.05) is 18.8 Å². The van der Waals surface area contributed by atoms with Crippen LogP contribution in [-0.4, -0.2) is 35.2 Å². The molecule has 1 atom stereocenters. The van der Waals surface area contributed by atoms with Gasteiger partial charge in [-0.25, -0.2) is 4.79 Å². The average molecular weight is 234 g/mol. The average Bonchev–Trinajstić information content (AvgIpc) is 2.77. The molecule has 1 fully saturated rings. The number of β-amino-alcohol motifs (C(OH)–C–C–N with tert-alkyl or cyclic N) is 1. The zero-order valence-corrected chi connectivity index (χ0v) is 10.0. The van der Waals surface area contributed by atoms with Gasteiger partial charge >= 0.3 is 6.03 Å². The van der Waals surface area contributed by atoms with Gasteiger partial charge in [-0.1, -0.05) is 25.1 Å². The molecule has 1 aromatic carbocycles. The molecule has 0 aromatic heterocycles. The Labute approximate surface area is 101 Å². The lowest BCUT2D eigenvalue weighted by Gasteiger charge is -2.17. The largest absolute Gasteiger partial charge is 0.391 e. The molecule has 4 nitrogen and oxygen atoms in total. The molecular weight excluding hydrogens is 216 g/mol. The summed E-state index contributed by atoms with van der Waals surface area (Å²) in [7, 11) is 0. The van der Waals surface area contributed by atoms with E-state index >= 15 is 0 Å². The monoisotopic (exact) mass is 234 g/mol. The highest BCUT2D eigenvalue weighted by molar-refractivity contribution is 5.90. The second-order valence-electron chi connectivity index (χ2n) is 4.33. The third-order valence-corrected chi connectivity index (χ3v) is 3.09. The zero-order chi connectivity index (χ0) is 12.3. The van der Waals surface area contributed by atoms with Crippen molar-refractivity contribution >= 4 is 11.7 Å². The van der Waals surface area contributed by atoms with E-state index in [1.165, 1.54) is 0 Å². The van der Waals surface area contributed by atoms with E-state index in [0.29, 0.717) is 19.5 Å². The number of nitrogens with zero attached hydrogens (tertiary/aromatic N) is 1. The van der Waals surface area contributed by atoms with Crippen molar-refractivity contribution in [3.8, 4) is 0 Å². The number of amides is 2. The SMILES string of the molecule is CCc1ccccc1NC(=O)N1CC[C@H](O)C1. The Morgan fingerprint density at radius 1 is 1.53 bits per heavy atom. The van der Waals surface area contributed by atoms with Crippen LogP contribution in [0.1, 0.15) is 18.9 Å². The van der Waals surface area contributed by atoms with Crippen LogP contribution in [-0.2, 0) is 6.42 Å². The minimum atomic E-state index is -0.373. The number of rotatable bonds is 2. The van der Waals surface area contributed by atoms with E-state index in [0.717, 1.165) is 17.7 Å². The predicted molar refractivity (Wildman–Crippen MR) is 67.0 cm³/mol. The summed E-state index contributed by atoms with van der Waals surface area (Å²) in [5.74, 6) is 0. The van der Waals surface area contributed by atoms with Crippen molar-refractivity contribution in [1.82, 2.24) is 4.90 Å². The molecule has 17 heavy (non-hydrogen) atoms. The molecule has 0 unspecified atom stereocenters. The van der Waals surface area contributed by atoms with Crippen LogP contribution >= 0.6 is 0 Å². The van der Waals surface area contributed by atoms with Crippen molar-refractivity contribution in [1.29, 1.82) is 0 Å². The van der Waals surface area contributed by atoms with E-state index in [2.05, 4.69) is 12.2 Å². The van der Waals surface area contributed by atoms with Crippen LogP contribution < -0.4 is 5.32 Å². The molecule has 2 rings (SSSR count). The number of aryl methyl sites for hydroxylation is 1. The number of urea groups is 1. The van der Waals surface area contributed by atoms with Crippen molar-refractivity contribution < 1.29 is 9.90 Å². The van der Waals surface area contributed by atoms with Crippen molar-refractivity contribution in [2.75, 3.05) is 18.4 Å². The van der Waals surface area contributed by atoms with E-state index < -0.39 is 0 Å². The van der Waals surface area contributed by atoms with Gasteiger partial charge in [-0.05, 0) is 24.5 Å². The first kappa shape index (κ1) is 11.9. The third-order valence-electron chi connectivity index (χ3n) is 3.09. The van der Waals surface area contributed by atoms with Crippen molar-refractivity contribution in [2.45, 2.75) is 25.9 Å². The maximum atomic E-state index is 11.9. The minimum absolute atomic E-state index is 0.123. The molecule has 2 amide bonds. The molecule has 92 valence electrons. The normalized spacial score (nSPS) is 19.4. The molecule has 1 aliphatic rings. The van der Waals surface area contributed by atoms with Crippen LogP contribution in [0, 0.1) is 0 Å². The Morgan fingerprint density at radius 3 is 2.94 bits per heavy atom. The third kappa shape index (κ3) is 2.77. The summed E-state index contributed by atoms with van der Waals surface area (Å²) in [5.41, 5.74) is 1.99. The maximum Gasteiger partial charge on any atom is 0.321 e. The molecule has 0 saturated carbocycles. The van der Waals surface area contributed by atoms with Crippen LogP contribution in [0.3, 0.4) is 0 Å². The lowest BCUT2D eigenvalue weighted by Crippen LogP contribution is -2.33. The van der Waals surface area contributed by atoms with Gasteiger partial charge in [0.25, 0.3) is 0 Å². The molecule has 1 saturated heterocycles. The number of hydrogen-bond donors (Lipinski definition) is 2. The fourth-order valence-corrected chi connectivity index (χ4v) is 2.07. The number of anilines is 1. The second-order valence-corrected chi connectivity index (χ2v) is 4.33. The Bertz CT molecular complexity index is 406. The summed E-state index contributed by atoms with van der Waals surface area (Å²) >= 11 is 0. The highest BCUT2D eigenvalue weighted by Gasteiger charge is 2.24. The Kier molecular flexibility index (Phi) is 3.64. The molecule has 1 aromatic rings. The number of aliphatic hydroxyl groups excluding tert-OH is 1. The molecule has 0 bridgehead atoms. The van der Waals surface area contributed by atoms with Crippen molar-refractivity contribution in [3.63, 3.8) is 0 Å². The summed E-state index contributed by atoms with van der Waals surface area (Å²) in [6.07, 6.45) is 1.18. The van der Waals surface area contributed by atoms with Gasteiger partial charge in [0.15, 0.2) is 0 Å². The number of likely N-dealkylation sites (tertiary alicyclic amines) is 1. The first-order valence-corrected chi connectivity index (χ1v) is 6.02. The summed E-state index contributed by atoms with van der Waals surface area (Å²) in [6, 6.07) is 7.67. The number of carbonyl (C=O) groups is 1. The van der Waals surface area contributed by atoms with E-state index in [1.54, 1.807) is 4.90 Å². The van der Waals surface area contributed by atoms with Crippen LogP contribution in [0.5, 0.6) is 0 Å². The number of aliphatic hydroxyl groups is 1. The number of hydrogen-bond acceptors (Lipinski definition) is 2. The number of para-hydroxylation sites is 1. The van der Waals surface area contributed by atoms with Gasteiger partial charge < -0.3 is 15.3 Å². The molecule has 1 aliphatic heterocycles. The summed E-state index contributed by atoms with van der Waals surface area (Å²) in [5, 5.41) is 12.3. The fourth-order valence-electron chi connectivity index (χ4n) is 2.07. The van der Waals surface area contributed by atoms with E-state index in [4.69, 9.17) is 0 Å². The molecule has 1 heterocycles. The Hall–Kier alpha value is -1.55. The number of benzene rings is 1. The summed E-state index contributed by atoms with van der Waals surface area (Å²) in [4.78, 5) is 13.6. The number of carbonyl (C=O) groups excluding carboxylic acids is 1. The van der Waals surface area contributed by atoms with Crippen LogP contribution in [0.25, 0.3) is 0 Å². The molecule has 0 aliphatic carbocycles. The van der Waals surface area contributed by atoms with Gasteiger partial charge in [0.1, 0.15) is 0 Å². The summed E-state index contributed by atoms with van der Waals surface area (Å²) in [6.45, 7) is 3.12. The smallest absolute Gasteiger partial charge is 0.321 e. The highest BCUT2D eigenvalue weighted by Crippen LogP contribution is 2.17. The van der Waals surface area contributed by atoms with E-state index in [1.807, 2.05) is 24.3 Å². The summed E-state index contributed by atoms with van der Waals surface area (Å²) < 4.78 is 0. The Morgan fingerprint density at radius 2 is 2.29 bits per heavy atom. The minimum Gasteiger partial charge on any atom is -0.391 e. The quantitative estimate of drug-likeness (QED) is 0.820. The molecule has 0 spiro atoms. The van der Waals surface area contributed by atoms with Gasteiger partial charge in [-0.2, -0.15) is 0 Å². The second kappa shape index (κ2) is 5.19. The first-order chi connectivity index (χ1) is 8.20. The van der Waals surface area contributed by atoms with Crippen LogP contribution in [0.2, 0.25) is 0 Å². The molecule has 2 N–H and O–H groups in total. The van der Waals surface area contributed by atoms with E-state index in [9.17, 15) is 9.90 Å². The van der Waals surface area contributed by atoms with Crippen LogP contribution in [0.4, 0.5) is 10.5 Å². The number of nitrogens with one attached hydrogen (secondary N) is 1. The van der Waals surface area contributed by atoms with Gasteiger partial charge in [-0.15, -0.1) is 0 Å². The fraction of sp³-hybridized carbons (Fsp3) is 0.462. The zero-order valence-electron chi connectivity index (χ0n) is 10.0. The Balaban J connectivity index is 2.03. The molecular formula is C13H18N2O2. The van der Waals surface area contributed by atoms with Crippen molar-refractivity contribution in [2.24, 2.45) is 0 Å².